The number of likely N-dealkylation sites (N-methyl/N-ethyl adjacent to an activating group) is 1. The van der Waals surface area contributed by atoms with Crippen LogP contribution in [-0.2, 0) is 4.79 Å². The minimum atomic E-state index is -0.711. The van der Waals surface area contributed by atoms with Crippen LogP contribution in [0.15, 0.2) is 70.2 Å². The highest BCUT2D eigenvalue weighted by atomic mass is 35.5. The molecule has 2 aromatic carbocycles. The lowest BCUT2D eigenvalue weighted by molar-refractivity contribution is -0.121. The first-order valence-electron chi connectivity index (χ1n) is 10.0. The third-order valence-corrected chi connectivity index (χ3v) is 5.45. The van der Waals surface area contributed by atoms with Crippen molar-refractivity contribution in [2.45, 2.75) is 26.3 Å². The number of aromatic nitrogens is 3. The predicted octanol–water partition coefficient (Wildman–Crippen LogP) is 4.71. The average Bonchev–Trinajstić information content (AvgIpc) is 3.22. The molecule has 1 atom stereocenters. The Morgan fingerprint density at radius 2 is 1.84 bits per heavy atom. The van der Waals surface area contributed by atoms with Gasteiger partial charge in [0.15, 0.2) is 0 Å². The maximum Gasteiger partial charge on any atom is 0.267 e. The number of hydrogen-bond acceptors (Lipinski definition) is 5. The lowest BCUT2D eigenvalue weighted by atomic mass is 10.1. The molecule has 0 unspecified atom stereocenters. The molecule has 1 amide bonds. The monoisotopic (exact) mass is 436 g/mol. The van der Waals surface area contributed by atoms with Crippen LogP contribution in [0.4, 0.5) is 5.69 Å². The summed E-state index contributed by atoms with van der Waals surface area (Å²) in [5, 5.41) is 4.85. The van der Waals surface area contributed by atoms with Crippen molar-refractivity contribution in [3.63, 3.8) is 0 Å². The summed E-state index contributed by atoms with van der Waals surface area (Å²) >= 11 is 5.97. The van der Waals surface area contributed by atoms with Crippen LogP contribution >= 0.6 is 11.6 Å². The number of anilines is 1. The van der Waals surface area contributed by atoms with Gasteiger partial charge in [-0.3, -0.25) is 14.2 Å². The number of nitrogens with zero attached hydrogens (tertiary/aromatic N) is 4. The van der Waals surface area contributed by atoms with Gasteiger partial charge < -0.3 is 9.42 Å². The van der Waals surface area contributed by atoms with Crippen LogP contribution < -0.4 is 10.5 Å². The van der Waals surface area contributed by atoms with Gasteiger partial charge >= 0.3 is 0 Å². The van der Waals surface area contributed by atoms with Gasteiger partial charge in [-0.25, -0.2) is 4.98 Å². The van der Waals surface area contributed by atoms with Crippen molar-refractivity contribution < 1.29 is 9.32 Å². The van der Waals surface area contributed by atoms with E-state index in [1.54, 1.807) is 29.2 Å². The highest BCUT2D eigenvalue weighted by molar-refractivity contribution is 6.30. The maximum atomic E-state index is 13.4. The molecule has 0 aliphatic heterocycles. The van der Waals surface area contributed by atoms with Gasteiger partial charge in [-0.15, -0.1) is 0 Å². The van der Waals surface area contributed by atoms with Gasteiger partial charge in [-0.1, -0.05) is 54.0 Å². The highest BCUT2D eigenvalue weighted by Crippen LogP contribution is 2.27. The average molecular weight is 437 g/mol. The summed E-state index contributed by atoms with van der Waals surface area (Å²) in [5.74, 6) is -0.177. The number of carbonyl (C=O) groups excluding carboxylic acids is 1. The Morgan fingerprint density at radius 3 is 2.48 bits per heavy atom. The van der Waals surface area contributed by atoms with Gasteiger partial charge in [0.05, 0.1) is 0 Å². The summed E-state index contributed by atoms with van der Waals surface area (Å²) in [7, 11) is 0. The molecule has 4 rings (SSSR count). The SMILES string of the molecule is CC[C@H](C(=O)N(CC)c1ccccc1)n1cnc2onc(-c3ccc(Cl)cc3)c2c1=O. The molecule has 7 nitrogen and oxygen atoms in total. The summed E-state index contributed by atoms with van der Waals surface area (Å²) < 4.78 is 6.65. The van der Waals surface area contributed by atoms with Crippen LogP contribution in [0.25, 0.3) is 22.4 Å². The molecule has 2 aromatic heterocycles. The normalized spacial score (nSPS) is 12.1. The molecule has 158 valence electrons. The summed E-state index contributed by atoms with van der Waals surface area (Å²) in [6.07, 6.45) is 1.78. The van der Waals surface area contributed by atoms with Crippen LogP contribution in [0.2, 0.25) is 5.02 Å². The van der Waals surface area contributed by atoms with E-state index in [0.717, 1.165) is 5.69 Å². The molecular weight excluding hydrogens is 416 g/mol. The van der Waals surface area contributed by atoms with Crippen LogP contribution in [0, 0.1) is 0 Å². The Hall–Kier alpha value is -3.45. The van der Waals surface area contributed by atoms with Gasteiger partial charge in [0.25, 0.3) is 11.3 Å². The van der Waals surface area contributed by atoms with E-state index in [4.69, 9.17) is 16.1 Å². The molecule has 0 radical (unpaired) electrons. The topological polar surface area (TPSA) is 81.2 Å². The summed E-state index contributed by atoms with van der Waals surface area (Å²) in [6, 6.07) is 15.6. The molecule has 0 aliphatic carbocycles. The zero-order chi connectivity index (χ0) is 22.0. The number of benzene rings is 2. The Labute approximate surface area is 183 Å². The molecular formula is C23H21ClN4O3. The summed E-state index contributed by atoms with van der Waals surface area (Å²) in [5.41, 5.74) is 1.58. The molecule has 0 fully saturated rings. The van der Waals surface area contributed by atoms with Gasteiger partial charge in [0.1, 0.15) is 23.4 Å². The van der Waals surface area contributed by atoms with Gasteiger partial charge in [0, 0.05) is 22.8 Å². The number of para-hydroxylation sites is 1. The maximum absolute atomic E-state index is 13.4. The van der Waals surface area contributed by atoms with E-state index in [1.807, 2.05) is 44.2 Å². The van der Waals surface area contributed by atoms with E-state index < -0.39 is 6.04 Å². The van der Waals surface area contributed by atoms with Crippen molar-refractivity contribution in [1.29, 1.82) is 0 Å². The van der Waals surface area contributed by atoms with E-state index >= 15 is 0 Å². The van der Waals surface area contributed by atoms with Crippen molar-refractivity contribution in [2.24, 2.45) is 0 Å². The quantitative estimate of drug-likeness (QED) is 0.437. The van der Waals surface area contributed by atoms with Crippen LogP contribution in [0.1, 0.15) is 26.3 Å². The zero-order valence-corrected chi connectivity index (χ0v) is 17.9. The number of halogens is 1. The fraction of sp³-hybridized carbons (Fsp3) is 0.217. The standard InChI is InChI=1S/C23H21ClN4O3/c1-3-18(22(29)27(4-2)17-8-6-5-7-9-17)28-14-25-21-19(23(28)30)20(26-31-21)15-10-12-16(24)13-11-15/h5-14,18H,3-4H2,1-2H3/t18-/m1/s1. The highest BCUT2D eigenvalue weighted by Gasteiger charge is 2.27. The van der Waals surface area contributed by atoms with E-state index in [1.165, 1.54) is 10.9 Å². The van der Waals surface area contributed by atoms with Crippen molar-refractivity contribution in [3.8, 4) is 11.3 Å². The minimum Gasteiger partial charge on any atom is -0.335 e. The first-order chi connectivity index (χ1) is 15.0. The molecule has 0 saturated heterocycles. The lowest BCUT2D eigenvalue weighted by Crippen LogP contribution is -2.40. The van der Waals surface area contributed by atoms with Gasteiger partial charge in [-0.2, -0.15) is 0 Å². The van der Waals surface area contributed by atoms with E-state index in [2.05, 4.69) is 10.1 Å². The molecule has 0 saturated carbocycles. The second-order valence-corrected chi connectivity index (χ2v) is 7.45. The van der Waals surface area contributed by atoms with Crippen LogP contribution in [-0.4, -0.2) is 27.2 Å². The number of rotatable bonds is 6. The Balaban J connectivity index is 1.80. The Bertz CT molecular complexity index is 1270. The second-order valence-electron chi connectivity index (χ2n) is 7.02. The smallest absolute Gasteiger partial charge is 0.267 e. The number of carbonyl (C=O) groups is 1. The van der Waals surface area contributed by atoms with Crippen molar-refractivity contribution in [2.75, 3.05) is 11.4 Å². The molecule has 0 aliphatic rings. The molecule has 0 spiro atoms. The minimum absolute atomic E-state index is 0.129. The molecule has 0 N–H and O–H groups in total. The summed E-state index contributed by atoms with van der Waals surface area (Å²) in [6.45, 7) is 4.25. The van der Waals surface area contributed by atoms with E-state index in [0.29, 0.717) is 29.2 Å². The third-order valence-electron chi connectivity index (χ3n) is 5.20. The van der Waals surface area contributed by atoms with Crippen LogP contribution in [0.3, 0.4) is 0 Å². The van der Waals surface area contributed by atoms with Crippen LogP contribution in [0.5, 0.6) is 0 Å². The molecule has 2 heterocycles. The molecule has 8 heteroatoms. The first-order valence-corrected chi connectivity index (χ1v) is 10.4. The lowest BCUT2D eigenvalue weighted by Gasteiger charge is -2.26. The predicted molar refractivity (Wildman–Crippen MR) is 120 cm³/mol. The van der Waals surface area contributed by atoms with Crippen molar-refractivity contribution in [3.05, 3.63) is 76.3 Å². The van der Waals surface area contributed by atoms with Crippen molar-refractivity contribution >= 4 is 34.3 Å². The largest absolute Gasteiger partial charge is 0.335 e. The molecule has 31 heavy (non-hydrogen) atoms. The van der Waals surface area contributed by atoms with Gasteiger partial charge in [0.2, 0.25) is 5.91 Å². The summed E-state index contributed by atoms with van der Waals surface area (Å²) in [4.78, 5) is 32.8. The molecule has 0 bridgehead atoms. The third kappa shape index (κ3) is 3.84. The van der Waals surface area contributed by atoms with Gasteiger partial charge in [-0.05, 0) is 37.6 Å². The Kier molecular flexibility index (Phi) is 5.86. The fourth-order valence-corrected chi connectivity index (χ4v) is 3.76. The second kappa shape index (κ2) is 8.73. The fourth-order valence-electron chi connectivity index (χ4n) is 3.63. The van der Waals surface area contributed by atoms with Crippen molar-refractivity contribution in [1.82, 2.24) is 14.7 Å². The molecule has 4 aromatic rings. The van der Waals surface area contributed by atoms with E-state index in [-0.39, 0.29) is 22.6 Å². The Morgan fingerprint density at radius 1 is 1.13 bits per heavy atom. The first kappa shape index (κ1) is 20.8. The number of amides is 1. The number of fused-ring (bicyclic) bond motifs is 1. The van der Waals surface area contributed by atoms with E-state index in [9.17, 15) is 9.59 Å². The number of hydrogen-bond donors (Lipinski definition) is 0. The zero-order valence-electron chi connectivity index (χ0n) is 17.2.